The maximum absolute atomic E-state index is 11.7. The average molecular weight is 234 g/mol. The van der Waals surface area contributed by atoms with Gasteiger partial charge in [-0.25, -0.2) is 4.68 Å². The van der Waals surface area contributed by atoms with Crippen LogP contribution in [0.5, 0.6) is 0 Å². The van der Waals surface area contributed by atoms with E-state index in [9.17, 15) is 4.79 Å². The molecule has 1 aliphatic heterocycles. The Hall–Kier alpha value is -1.62. The van der Waals surface area contributed by atoms with Crippen LogP contribution in [-0.2, 0) is 11.3 Å². The summed E-state index contributed by atoms with van der Waals surface area (Å²) in [6, 6.07) is -0.0791. The number of nitrogens with one attached hydrogen (secondary N) is 1. The number of carbonyl (C=O) groups excluding carboxylic acids is 1. The molecule has 92 valence electrons. The van der Waals surface area contributed by atoms with Crippen molar-refractivity contribution >= 4 is 12.1 Å². The monoisotopic (exact) mass is 234 g/mol. The molecular formula is C12H18N4O. The fraction of sp³-hybridized carbons (Fsp3) is 0.500. The Labute approximate surface area is 101 Å². The molecule has 2 rings (SSSR count). The van der Waals surface area contributed by atoms with E-state index in [2.05, 4.69) is 21.9 Å². The van der Waals surface area contributed by atoms with Gasteiger partial charge in [-0.1, -0.05) is 6.58 Å². The third-order valence-corrected chi connectivity index (χ3v) is 3.08. The Balaban J connectivity index is 2.05. The molecule has 1 aromatic heterocycles. The van der Waals surface area contributed by atoms with E-state index in [1.807, 2.05) is 19.3 Å². The van der Waals surface area contributed by atoms with E-state index in [-0.39, 0.29) is 11.9 Å². The molecule has 0 bridgehead atoms. The largest absolute Gasteiger partial charge is 0.355 e. The van der Waals surface area contributed by atoms with Crippen molar-refractivity contribution in [2.24, 2.45) is 0 Å². The van der Waals surface area contributed by atoms with Gasteiger partial charge >= 0.3 is 0 Å². The second kappa shape index (κ2) is 5.14. The van der Waals surface area contributed by atoms with E-state index in [0.29, 0.717) is 0 Å². The van der Waals surface area contributed by atoms with E-state index < -0.39 is 0 Å². The van der Waals surface area contributed by atoms with E-state index in [4.69, 9.17) is 0 Å². The molecule has 1 amide bonds. The fourth-order valence-electron chi connectivity index (χ4n) is 2.01. The first-order valence-electron chi connectivity index (χ1n) is 5.88. The number of nitrogens with zero attached hydrogens (tertiary/aromatic N) is 3. The van der Waals surface area contributed by atoms with Gasteiger partial charge in [-0.05, 0) is 13.3 Å². The third-order valence-electron chi connectivity index (χ3n) is 3.08. The Kier molecular flexibility index (Phi) is 3.58. The quantitative estimate of drug-likeness (QED) is 0.837. The van der Waals surface area contributed by atoms with E-state index >= 15 is 0 Å². The van der Waals surface area contributed by atoms with E-state index in [0.717, 1.165) is 31.6 Å². The van der Waals surface area contributed by atoms with Crippen LogP contribution in [0.2, 0.25) is 0 Å². The summed E-state index contributed by atoms with van der Waals surface area (Å²) in [6.45, 7) is 8.05. The molecule has 1 aromatic rings. The van der Waals surface area contributed by atoms with E-state index in [1.165, 1.54) is 0 Å². The average Bonchev–Trinajstić information content (AvgIpc) is 2.73. The number of hydrogen-bond acceptors (Lipinski definition) is 3. The van der Waals surface area contributed by atoms with Crippen LogP contribution in [0.4, 0.5) is 0 Å². The van der Waals surface area contributed by atoms with Crippen molar-refractivity contribution in [2.45, 2.75) is 25.9 Å². The summed E-state index contributed by atoms with van der Waals surface area (Å²) in [5.41, 5.74) is 1.10. The summed E-state index contributed by atoms with van der Waals surface area (Å²) in [7, 11) is 0. The maximum atomic E-state index is 11.7. The van der Waals surface area contributed by atoms with Gasteiger partial charge < -0.3 is 5.32 Å². The molecule has 0 aromatic carbocycles. The highest BCUT2D eigenvalue weighted by Crippen LogP contribution is 2.10. The lowest BCUT2D eigenvalue weighted by Gasteiger charge is -2.24. The lowest BCUT2D eigenvalue weighted by molar-refractivity contribution is -0.125. The molecular weight excluding hydrogens is 216 g/mol. The fourth-order valence-corrected chi connectivity index (χ4v) is 2.01. The second-order valence-electron chi connectivity index (χ2n) is 4.30. The first kappa shape index (κ1) is 11.9. The zero-order valence-electron chi connectivity index (χ0n) is 10.1. The molecule has 5 heteroatoms. The second-order valence-corrected chi connectivity index (χ2v) is 4.30. The third kappa shape index (κ3) is 2.74. The zero-order chi connectivity index (χ0) is 12.3. The molecule has 17 heavy (non-hydrogen) atoms. The van der Waals surface area contributed by atoms with Gasteiger partial charge in [0.15, 0.2) is 0 Å². The van der Waals surface area contributed by atoms with Crippen LogP contribution >= 0.6 is 0 Å². The zero-order valence-corrected chi connectivity index (χ0v) is 10.1. The van der Waals surface area contributed by atoms with Crippen molar-refractivity contribution in [3.05, 3.63) is 24.5 Å². The highest BCUT2D eigenvalue weighted by Gasteiger charge is 2.23. The summed E-state index contributed by atoms with van der Waals surface area (Å²) in [6.07, 6.45) is 6.40. The first-order chi connectivity index (χ1) is 8.20. The van der Waals surface area contributed by atoms with Crippen molar-refractivity contribution in [1.29, 1.82) is 0 Å². The van der Waals surface area contributed by atoms with Crippen LogP contribution in [0, 0.1) is 0 Å². The minimum Gasteiger partial charge on any atom is -0.355 e. The lowest BCUT2D eigenvalue weighted by atomic mass is 10.2. The molecule has 1 aliphatic rings. The highest BCUT2D eigenvalue weighted by molar-refractivity contribution is 5.81. The Morgan fingerprint density at radius 3 is 3.24 bits per heavy atom. The van der Waals surface area contributed by atoms with Crippen LogP contribution in [0.1, 0.15) is 18.9 Å². The minimum absolute atomic E-state index is 0.0791. The van der Waals surface area contributed by atoms with Crippen LogP contribution in [0.15, 0.2) is 19.0 Å². The van der Waals surface area contributed by atoms with Crippen molar-refractivity contribution < 1.29 is 4.79 Å². The molecule has 1 saturated heterocycles. The summed E-state index contributed by atoms with van der Waals surface area (Å²) in [5, 5.41) is 7.05. The van der Waals surface area contributed by atoms with Gasteiger partial charge in [-0.2, -0.15) is 5.10 Å². The lowest BCUT2D eigenvalue weighted by Crippen LogP contribution is -2.41. The number of amides is 1. The molecule has 0 radical (unpaired) electrons. The van der Waals surface area contributed by atoms with Crippen molar-refractivity contribution in [2.75, 3.05) is 13.1 Å². The number of hydrogen-bond donors (Lipinski definition) is 1. The molecule has 0 spiro atoms. The standard InChI is InChI=1S/C12H18N4O/c1-3-16-9-11(7-14-16)8-15-6-4-5-13-12(17)10(15)2/h3,7,9-10H,1,4-6,8H2,2H3,(H,13,17)/t10-/m1/s1. The molecule has 2 heterocycles. The molecule has 1 fully saturated rings. The smallest absolute Gasteiger partial charge is 0.237 e. The van der Waals surface area contributed by atoms with Crippen molar-refractivity contribution in [1.82, 2.24) is 20.0 Å². The van der Waals surface area contributed by atoms with Crippen LogP contribution in [0.25, 0.3) is 6.20 Å². The van der Waals surface area contributed by atoms with Crippen molar-refractivity contribution in [3.63, 3.8) is 0 Å². The van der Waals surface area contributed by atoms with E-state index in [1.54, 1.807) is 10.9 Å². The SMILES string of the molecule is C=Cn1cc(CN2CCCNC(=O)[C@H]2C)cn1. The molecule has 0 saturated carbocycles. The van der Waals surface area contributed by atoms with Crippen LogP contribution in [0.3, 0.4) is 0 Å². The predicted octanol–water partition coefficient (Wildman–Crippen LogP) is 0.694. The van der Waals surface area contributed by atoms with Gasteiger partial charge in [0.05, 0.1) is 12.2 Å². The molecule has 1 N–H and O–H groups in total. The van der Waals surface area contributed by atoms with Gasteiger partial charge in [0.1, 0.15) is 0 Å². The Morgan fingerprint density at radius 2 is 2.53 bits per heavy atom. The number of aromatic nitrogens is 2. The predicted molar refractivity (Wildman–Crippen MR) is 66.1 cm³/mol. The normalized spacial score (nSPS) is 21.9. The van der Waals surface area contributed by atoms with Gasteiger partial charge in [0.25, 0.3) is 0 Å². The topological polar surface area (TPSA) is 50.2 Å². The Morgan fingerprint density at radius 1 is 1.71 bits per heavy atom. The summed E-state index contributed by atoms with van der Waals surface area (Å²) >= 11 is 0. The first-order valence-corrected chi connectivity index (χ1v) is 5.88. The van der Waals surface area contributed by atoms with Gasteiger partial charge in [0.2, 0.25) is 5.91 Å². The van der Waals surface area contributed by atoms with Crippen LogP contribution in [-0.4, -0.2) is 39.7 Å². The highest BCUT2D eigenvalue weighted by atomic mass is 16.2. The summed E-state index contributed by atoms with van der Waals surface area (Å²) in [5.74, 6) is 0.110. The van der Waals surface area contributed by atoms with Gasteiger partial charge in [0, 0.05) is 37.6 Å². The summed E-state index contributed by atoms with van der Waals surface area (Å²) < 4.78 is 1.68. The number of carbonyl (C=O) groups is 1. The van der Waals surface area contributed by atoms with Crippen LogP contribution < -0.4 is 5.32 Å². The Bertz CT molecular complexity index is 412. The molecule has 0 aliphatic carbocycles. The molecule has 1 atom stereocenters. The van der Waals surface area contributed by atoms with Gasteiger partial charge in [-0.15, -0.1) is 0 Å². The maximum Gasteiger partial charge on any atom is 0.237 e. The van der Waals surface area contributed by atoms with Gasteiger partial charge in [-0.3, -0.25) is 9.69 Å². The number of rotatable bonds is 3. The summed E-state index contributed by atoms with van der Waals surface area (Å²) in [4.78, 5) is 13.9. The molecule has 5 nitrogen and oxygen atoms in total. The minimum atomic E-state index is -0.0791. The molecule has 0 unspecified atom stereocenters. The van der Waals surface area contributed by atoms with Crippen molar-refractivity contribution in [3.8, 4) is 0 Å².